The molecule has 3 aromatic rings. The molecule has 2 aliphatic heterocycles. The molecule has 0 amide bonds. The maximum Gasteiger partial charge on any atom is 2.00 e. The molecule has 0 atom stereocenters. The Balaban J connectivity index is 0.00000461. The molecule has 0 aliphatic carbocycles. The van der Waals surface area contributed by atoms with Gasteiger partial charge < -0.3 is 40.0 Å². The molecule has 45 heavy (non-hydrogen) atoms. The third kappa shape index (κ3) is 5.89. The van der Waals surface area contributed by atoms with Crippen molar-refractivity contribution >= 4 is 56.3 Å². The number of rotatable bonds is 8. The molecule has 11 heteroatoms. The van der Waals surface area contributed by atoms with Gasteiger partial charge in [-0.05, 0) is 123 Å². The summed E-state index contributed by atoms with van der Waals surface area (Å²) >= 11 is 0. The molecule has 1 radical (unpaired) electrons. The zero-order valence-corrected chi connectivity index (χ0v) is 27.2. The minimum atomic E-state index is -1.21. The van der Waals surface area contributed by atoms with E-state index in [9.17, 15) is 30.0 Å². The van der Waals surface area contributed by atoms with Crippen LogP contribution in [0.3, 0.4) is 0 Å². The maximum atomic E-state index is 11.7. The monoisotopic (exact) mass is 655 g/mol. The zero-order valence-electron chi connectivity index (χ0n) is 26.2. The van der Waals surface area contributed by atoms with Gasteiger partial charge in [-0.1, -0.05) is 13.8 Å². The van der Waals surface area contributed by atoms with Crippen molar-refractivity contribution in [3.63, 3.8) is 0 Å². The number of nitrogens with zero attached hydrogens (tertiary/aromatic N) is 2. The van der Waals surface area contributed by atoms with Crippen LogP contribution in [0.1, 0.15) is 98.4 Å². The van der Waals surface area contributed by atoms with E-state index in [1.165, 1.54) is 0 Å². The van der Waals surface area contributed by atoms with E-state index in [1.807, 2.05) is 40.7 Å². The van der Waals surface area contributed by atoms with E-state index < -0.39 is 11.9 Å². The first kappa shape index (κ1) is 33.5. The first-order valence-electron chi connectivity index (χ1n) is 14.8. The molecule has 10 nitrogen and oxygen atoms in total. The second-order valence-electron chi connectivity index (χ2n) is 11.4. The Morgan fingerprint density at radius 2 is 1.31 bits per heavy atom. The smallest absolute Gasteiger partial charge is 0.550 e. The summed E-state index contributed by atoms with van der Waals surface area (Å²) in [5.41, 5.74) is 10.2. The van der Waals surface area contributed by atoms with Crippen molar-refractivity contribution in [2.45, 2.75) is 80.1 Å². The van der Waals surface area contributed by atoms with Crippen molar-refractivity contribution in [3.05, 3.63) is 57.2 Å². The average Bonchev–Trinajstić information content (AvgIpc) is 3.66. The van der Waals surface area contributed by atoms with Gasteiger partial charge in [0.25, 0.3) is 0 Å². The largest absolute Gasteiger partial charge is 2.00 e. The Kier molecular flexibility index (Phi) is 9.64. The number of fused-ring (bicyclic) bond motifs is 8. The van der Waals surface area contributed by atoms with Crippen LogP contribution in [0, 0.1) is 13.8 Å². The van der Waals surface area contributed by atoms with Crippen LogP contribution in [0.15, 0.2) is 12.1 Å². The number of H-pyrrole nitrogens is 2. The minimum absolute atomic E-state index is 0. The molecular weight excluding hydrogens is 619 g/mol. The fraction of sp³-hybridized carbons (Fsp3) is 0.353. The van der Waals surface area contributed by atoms with Gasteiger partial charge in [-0.15, -0.1) is 0 Å². The van der Waals surface area contributed by atoms with Gasteiger partial charge >= 0.3 is 16.8 Å². The fourth-order valence-corrected chi connectivity index (χ4v) is 6.39. The number of aromatic amines is 2. The number of hydrogen-bond donors (Lipinski definition) is 4. The number of hydrogen-bond acceptors (Lipinski definition) is 8. The Hall–Kier alpha value is -4.35. The van der Waals surface area contributed by atoms with Crippen LogP contribution in [0.5, 0.6) is 11.5 Å². The summed E-state index contributed by atoms with van der Waals surface area (Å²) in [6, 6.07) is 3.66. The number of nitrogens with one attached hydrogen (secondary N) is 2. The summed E-state index contributed by atoms with van der Waals surface area (Å²) < 4.78 is 0. The van der Waals surface area contributed by atoms with Crippen molar-refractivity contribution in [1.82, 2.24) is 19.9 Å². The molecule has 8 bridgehead atoms. The van der Waals surface area contributed by atoms with E-state index in [0.29, 0.717) is 63.3 Å². The summed E-state index contributed by atoms with van der Waals surface area (Å²) in [7, 11) is 0. The standard InChI is InChI=1S/C34H38N4O6.Co/c1-7-19-15(3)24-13-23-16(4)21(9-11-27(39)40)25(35-23)14-26-22(10-12-28(41)42)18(6)29(37-26)33(43)32-20(8-2)17(5)30(38-32)34(44)31(19)36-24;/h13-14,36-37,43-44H,7-12H2,1-6H3,(H,39,40)(H,41,42);/q;+2/p-2. The zero-order chi connectivity index (χ0) is 32.0. The number of allylic oxidation sites excluding steroid dienone is 4. The van der Waals surface area contributed by atoms with Gasteiger partial charge in [0.2, 0.25) is 0 Å². The average molecular weight is 656 g/mol. The summed E-state index contributed by atoms with van der Waals surface area (Å²) in [6.07, 6.45) is 1.07. The topological polar surface area (TPSA) is 178 Å². The molecule has 0 fully saturated rings. The molecule has 0 aromatic carbocycles. The predicted octanol–water partition coefficient (Wildman–Crippen LogP) is 4.39. The molecule has 5 rings (SSSR count). The van der Waals surface area contributed by atoms with Crippen LogP contribution >= 0.6 is 0 Å². The number of carbonyl (C=O) groups excluding carboxylic acids is 2. The van der Waals surface area contributed by atoms with E-state index in [4.69, 9.17) is 9.97 Å². The third-order valence-corrected chi connectivity index (χ3v) is 8.88. The third-order valence-electron chi connectivity index (χ3n) is 8.88. The van der Waals surface area contributed by atoms with Gasteiger partial charge in [0, 0.05) is 23.0 Å². The first-order chi connectivity index (χ1) is 20.9. The van der Waals surface area contributed by atoms with Crippen LogP contribution in [0.25, 0.3) is 44.4 Å². The molecule has 0 unspecified atom stereocenters. The molecule has 5 heterocycles. The van der Waals surface area contributed by atoms with Gasteiger partial charge in [0.1, 0.15) is 11.4 Å². The maximum absolute atomic E-state index is 11.7. The first-order valence-corrected chi connectivity index (χ1v) is 14.8. The van der Waals surface area contributed by atoms with Gasteiger partial charge in [-0.2, -0.15) is 0 Å². The molecule has 237 valence electrons. The minimum Gasteiger partial charge on any atom is -0.550 e. The number of aromatic nitrogens is 4. The molecule has 3 aromatic heterocycles. The number of aromatic hydroxyl groups is 2. The van der Waals surface area contributed by atoms with Gasteiger partial charge in [0.05, 0.1) is 22.4 Å². The Labute approximate surface area is 271 Å². The Morgan fingerprint density at radius 3 is 1.93 bits per heavy atom. The summed E-state index contributed by atoms with van der Waals surface area (Å²) in [5, 5.41) is 46.3. The van der Waals surface area contributed by atoms with E-state index in [2.05, 4.69) is 9.97 Å². The van der Waals surface area contributed by atoms with Crippen LogP contribution in [-0.4, -0.2) is 42.1 Å². The summed E-state index contributed by atoms with van der Waals surface area (Å²) in [4.78, 5) is 39.2. The number of aryl methyl sites for hydroxylation is 4. The second-order valence-corrected chi connectivity index (χ2v) is 11.4. The molecular formula is C34H36CoN4O6. The van der Waals surface area contributed by atoms with Crippen molar-refractivity contribution in [3.8, 4) is 11.5 Å². The molecule has 0 spiro atoms. The Morgan fingerprint density at radius 1 is 0.711 bits per heavy atom. The molecule has 0 saturated carbocycles. The van der Waals surface area contributed by atoms with E-state index in [1.54, 1.807) is 13.0 Å². The van der Waals surface area contributed by atoms with E-state index in [-0.39, 0.29) is 54.0 Å². The van der Waals surface area contributed by atoms with Crippen molar-refractivity contribution < 1.29 is 46.8 Å². The van der Waals surface area contributed by atoms with Crippen LogP contribution < -0.4 is 10.2 Å². The predicted molar refractivity (Wildman–Crippen MR) is 166 cm³/mol. The Bertz CT molecular complexity index is 1960. The van der Waals surface area contributed by atoms with Crippen LogP contribution in [-0.2, 0) is 39.2 Å². The van der Waals surface area contributed by atoms with Gasteiger partial charge in [0.15, 0.2) is 11.5 Å². The van der Waals surface area contributed by atoms with Gasteiger partial charge in [-0.25, -0.2) is 9.97 Å². The van der Waals surface area contributed by atoms with Crippen molar-refractivity contribution in [2.24, 2.45) is 0 Å². The molecule has 4 N–H and O–H groups in total. The number of carboxylic acids is 2. The normalized spacial score (nSPS) is 12.9. The van der Waals surface area contributed by atoms with E-state index in [0.717, 1.165) is 38.9 Å². The van der Waals surface area contributed by atoms with Gasteiger partial charge in [-0.3, -0.25) is 0 Å². The number of aliphatic carboxylic acids is 2. The van der Waals surface area contributed by atoms with Crippen LogP contribution in [0.2, 0.25) is 0 Å². The number of carbonyl (C=O) groups is 2. The van der Waals surface area contributed by atoms with Crippen LogP contribution in [0.4, 0.5) is 0 Å². The SMILES string of the molecule is CCC1=C(C)c2nc1c(O)c1[nH]c(cc3nc(cc4[nH]c(c2O)c(CC)c4C)C(C)=C3CCC(=O)[O-])c(CCC(=O)[O-])c1C.[Co+2]. The second kappa shape index (κ2) is 12.9. The molecule has 0 saturated heterocycles. The van der Waals surface area contributed by atoms with E-state index >= 15 is 0 Å². The summed E-state index contributed by atoms with van der Waals surface area (Å²) in [5.74, 6) is -2.54. The summed E-state index contributed by atoms with van der Waals surface area (Å²) in [6.45, 7) is 11.5. The van der Waals surface area contributed by atoms with Crippen molar-refractivity contribution in [2.75, 3.05) is 0 Å². The quantitative estimate of drug-likeness (QED) is 0.276. The molecule has 2 aliphatic rings. The number of carboxylic acid groups (broad SMARTS) is 2. The van der Waals surface area contributed by atoms with Crippen molar-refractivity contribution in [1.29, 1.82) is 0 Å². The fourth-order valence-electron chi connectivity index (χ4n) is 6.39.